The number of amides is 1. The first-order valence-electron chi connectivity index (χ1n) is 8.00. The van der Waals surface area contributed by atoms with Crippen molar-refractivity contribution in [3.05, 3.63) is 71.5 Å². The highest BCUT2D eigenvalue weighted by molar-refractivity contribution is 7.14. The van der Waals surface area contributed by atoms with Crippen molar-refractivity contribution in [2.45, 2.75) is 6.92 Å². The maximum atomic E-state index is 13.1. The van der Waals surface area contributed by atoms with Crippen LogP contribution in [0.15, 0.2) is 58.8 Å². The summed E-state index contributed by atoms with van der Waals surface area (Å²) in [5.74, 6) is -0.814. The van der Waals surface area contributed by atoms with Gasteiger partial charge in [0.05, 0.1) is 5.69 Å². The molecule has 1 N–H and O–H groups in total. The molecule has 8 heteroatoms. The van der Waals surface area contributed by atoms with E-state index in [0.29, 0.717) is 22.1 Å². The molecule has 4 aromatic rings. The lowest BCUT2D eigenvalue weighted by Crippen LogP contribution is -2.12. The number of pyridine rings is 1. The van der Waals surface area contributed by atoms with E-state index in [1.807, 2.05) is 24.4 Å². The van der Waals surface area contributed by atoms with Crippen LogP contribution in [0, 0.1) is 12.7 Å². The second-order valence-corrected chi connectivity index (χ2v) is 6.56. The Morgan fingerprint density at radius 3 is 2.74 bits per heavy atom. The molecule has 0 aliphatic carbocycles. The topological polar surface area (TPSA) is 80.9 Å². The number of carbonyl (C=O) groups is 1. The number of rotatable bonds is 4. The van der Waals surface area contributed by atoms with Gasteiger partial charge in [-0.2, -0.15) is 0 Å². The monoisotopic (exact) mass is 380 g/mol. The number of thiazole rings is 1. The molecule has 1 aromatic carbocycles. The summed E-state index contributed by atoms with van der Waals surface area (Å²) in [5.41, 5.74) is 3.37. The summed E-state index contributed by atoms with van der Waals surface area (Å²) in [6.45, 7) is 1.95. The van der Waals surface area contributed by atoms with E-state index in [2.05, 4.69) is 20.3 Å². The maximum Gasteiger partial charge on any atom is 0.295 e. The van der Waals surface area contributed by atoms with Crippen LogP contribution in [0.4, 0.5) is 9.52 Å². The summed E-state index contributed by atoms with van der Waals surface area (Å²) in [6, 6.07) is 9.48. The number of hydrogen-bond donors (Lipinski definition) is 1. The third-order valence-electron chi connectivity index (χ3n) is 3.87. The third kappa shape index (κ3) is 3.47. The number of anilines is 1. The molecule has 0 atom stereocenters. The molecule has 0 unspecified atom stereocenters. The zero-order chi connectivity index (χ0) is 18.8. The van der Waals surface area contributed by atoms with Gasteiger partial charge in [-0.25, -0.2) is 14.4 Å². The Morgan fingerprint density at radius 2 is 1.96 bits per heavy atom. The normalized spacial score (nSPS) is 10.7. The zero-order valence-corrected chi connectivity index (χ0v) is 15.0. The molecule has 0 bridgehead atoms. The molecule has 0 aliphatic heterocycles. The van der Waals surface area contributed by atoms with E-state index in [4.69, 9.17) is 4.42 Å². The summed E-state index contributed by atoms with van der Waals surface area (Å²) < 4.78 is 18.4. The average Bonchev–Trinajstić information content (AvgIpc) is 3.32. The quantitative estimate of drug-likeness (QED) is 0.561. The Morgan fingerprint density at radius 1 is 1.15 bits per heavy atom. The minimum atomic E-state index is -0.481. The van der Waals surface area contributed by atoms with Crippen LogP contribution >= 0.6 is 11.3 Å². The fourth-order valence-corrected chi connectivity index (χ4v) is 3.26. The lowest BCUT2D eigenvalue weighted by molar-refractivity contribution is 0.0997. The van der Waals surface area contributed by atoms with Gasteiger partial charge in [0.25, 0.3) is 5.91 Å². The molecule has 4 rings (SSSR count). The molecule has 0 radical (unpaired) electrons. The molecule has 134 valence electrons. The minimum absolute atomic E-state index is 0.0346. The van der Waals surface area contributed by atoms with Crippen LogP contribution in [0.1, 0.15) is 16.1 Å². The number of carbonyl (C=O) groups excluding carboxylic acids is 1. The van der Waals surface area contributed by atoms with Crippen molar-refractivity contribution in [3.8, 4) is 22.6 Å². The van der Waals surface area contributed by atoms with Crippen LogP contribution in [0.2, 0.25) is 0 Å². The number of aryl methyl sites for hydroxylation is 1. The van der Waals surface area contributed by atoms with Crippen molar-refractivity contribution in [2.24, 2.45) is 0 Å². The molecule has 6 nitrogen and oxygen atoms in total. The first-order chi connectivity index (χ1) is 13.1. The number of nitrogens with one attached hydrogen (secondary N) is 1. The van der Waals surface area contributed by atoms with Gasteiger partial charge >= 0.3 is 0 Å². The van der Waals surface area contributed by atoms with Gasteiger partial charge in [-0.3, -0.25) is 15.1 Å². The van der Waals surface area contributed by atoms with Crippen LogP contribution in [0.5, 0.6) is 0 Å². The second kappa shape index (κ2) is 7.08. The summed E-state index contributed by atoms with van der Waals surface area (Å²) in [7, 11) is 0. The van der Waals surface area contributed by atoms with Crippen molar-refractivity contribution in [1.29, 1.82) is 0 Å². The first kappa shape index (κ1) is 17.0. The first-order valence-corrected chi connectivity index (χ1v) is 8.88. The number of aromatic nitrogens is 3. The maximum absolute atomic E-state index is 13.1. The predicted octanol–water partition coefficient (Wildman–Crippen LogP) is 4.56. The molecule has 1 amide bonds. The lowest BCUT2D eigenvalue weighted by atomic mass is 10.1. The van der Waals surface area contributed by atoms with Crippen molar-refractivity contribution in [2.75, 3.05) is 5.32 Å². The number of benzene rings is 1. The molecular weight excluding hydrogens is 367 g/mol. The summed E-state index contributed by atoms with van der Waals surface area (Å²) in [4.78, 5) is 25.4. The Hall–Kier alpha value is -3.39. The van der Waals surface area contributed by atoms with Gasteiger partial charge in [-0.05, 0) is 42.8 Å². The Bertz CT molecular complexity index is 1100. The number of halogens is 1. The summed E-state index contributed by atoms with van der Waals surface area (Å²) in [6.07, 6.45) is 2.88. The highest BCUT2D eigenvalue weighted by atomic mass is 32.1. The van der Waals surface area contributed by atoms with Crippen molar-refractivity contribution < 1.29 is 13.6 Å². The van der Waals surface area contributed by atoms with E-state index in [9.17, 15) is 9.18 Å². The van der Waals surface area contributed by atoms with Gasteiger partial charge in [0.2, 0.25) is 5.76 Å². The Kier molecular flexibility index (Phi) is 4.47. The second-order valence-electron chi connectivity index (χ2n) is 5.70. The van der Waals surface area contributed by atoms with Crippen LogP contribution < -0.4 is 5.32 Å². The lowest BCUT2D eigenvalue weighted by Gasteiger charge is -2.02. The van der Waals surface area contributed by atoms with Gasteiger partial charge < -0.3 is 4.42 Å². The van der Waals surface area contributed by atoms with Gasteiger partial charge in [0.15, 0.2) is 11.5 Å². The smallest absolute Gasteiger partial charge is 0.295 e. The van der Waals surface area contributed by atoms with E-state index in [1.165, 1.54) is 42.0 Å². The fourth-order valence-electron chi connectivity index (χ4n) is 2.57. The van der Waals surface area contributed by atoms with Gasteiger partial charge in [-0.1, -0.05) is 6.07 Å². The molecule has 3 heterocycles. The van der Waals surface area contributed by atoms with E-state index in [0.717, 1.165) is 11.3 Å². The van der Waals surface area contributed by atoms with Gasteiger partial charge in [0.1, 0.15) is 17.2 Å². The fraction of sp³-hybridized carbons (Fsp3) is 0.0526. The summed E-state index contributed by atoms with van der Waals surface area (Å²) >= 11 is 1.29. The highest BCUT2D eigenvalue weighted by Crippen LogP contribution is 2.27. The molecule has 0 aliphatic rings. The minimum Gasteiger partial charge on any atom is -0.438 e. The third-order valence-corrected chi connectivity index (χ3v) is 4.63. The molecule has 0 saturated carbocycles. The zero-order valence-electron chi connectivity index (χ0n) is 14.1. The SMILES string of the molecule is Cc1cccnc1-c1csc(NC(=O)c2ocnc2-c2ccc(F)cc2)n1. The molecule has 3 aromatic heterocycles. The van der Waals surface area contributed by atoms with Crippen LogP contribution in [-0.2, 0) is 0 Å². The predicted molar refractivity (Wildman–Crippen MR) is 99.9 cm³/mol. The standard InChI is InChI=1S/C19H13FN4O2S/c1-11-3-2-8-21-15(11)14-9-27-19(23-14)24-18(25)17-16(22-10-26-17)12-4-6-13(20)7-5-12/h2-10H,1H3,(H,23,24,25). The number of oxazole rings is 1. The average molecular weight is 380 g/mol. The van der Waals surface area contributed by atoms with E-state index >= 15 is 0 Å². The Balaban J connectivity index is 1.57. The molecule has 0 saturated heterocycles. The molecule has 0 fully saturated rings. The van der Waals surface area contributed by atoms with Crippen LogP contribution in [0.3, 0.4) is 0 Å². The van der Waals surface area contributed by atoms with Crippen molar-refractivity contribution in [1.82, 2.24) is 15.0 Å². The highest BCUT2D eigenvalue weighted by Gasteiger charge is 2.20. The molecule has 27 heavy (non-hydrogen) atoms. The molecule has 0 spiro atoms. The van der Waals surface area contributed by atoms with Gasteiger partial charge in [-0.15, -0.1) is 11.3 Å². The van der Waals surface area contributed by atoms with E-state index in [-0.39, 0.29) is 11.6 Å². The van der Waals surface area contributed by atoms with E-state index in [1.54, 1.807) is 6.20 Å². The van der Waals surface area contributed by atoms with E-state index < -0.39 is 5.91 Å². The van der Waals surface area contributed by atoms with Crippen LogP contribution in [0.25, 0.3) is 22.6 Å². The van der Waals surface area contributed by atoms with Gasteiger partial charge in [0, 0.05) is 17.1 Å². The number of nitrogens with zero attached hydrogens (tertiary/aromatic N) is 3. The van der Waals surface area contributed by atoms with Crippen LogP contribution in [-0.4, -0.2) is 20.9 Å². The largest absolute Gasteiger partial charge is 0.438 e. The summed E-state index contributed by atoms with van der Waals surface area (Å²) in [5, 5.41) is 4.95. The Labute approximate surface area is 157 Å². The van der Waals surface area contributed by atoms with Crippen molar-refractivity contribution in [3.63, 3.8) is 0 Å². The molecular formula is C19H13FN4O2S. The van der Waals surface area contributed by atoms with Crippen molar-refractivity contribution >= 4 is 22.4 Å². The number of hydrogen-bond acceptors (Lipinski definition) is 6.